The molecule has 0 saturated carbocycles. The summed E-state index contributed by atoms with van der Waals surface area (Å²) >= 11 is 0. The minimum Gasteiger partial charge on any atom is -0.486 e. The lowest BCUT2D eigenvalue weighted by Crippen LogP contribution is -2.36. The van der Waals surface area contributed by atoms with Gasteiger partial charge in [-0.2, -0.15) is 0 Å². The van der Waals surface area contributed by atoms with Crippen molar-refractivity contribution in [2.24, 2.45) is 0 Å². The smallest absolute Gasteiger partial charge is 0.125 e. The summed E-state index contributed by atoms with van der Waals surface area (Å²) < 4.78 is 12.9. The maximum Gasteiger partial charge on any atom is 0.125 e. The third-order valence-electron chi connectivity index (χ3n) is 6.51. The fourth-order valence-electron chi connectivity index (χ4n) is 4.81. The Hall–Kier alpha value is -2.78. The molecule has 0 bridgehead atoms. The summed E-state index contributed by atoms with van der Waals surface area (Å²) in [5, 5.41) is 3.68. The van der Waals surface area contributed by atoms with Crippen molar-refractivity contribution >= 4 is 0 Å². The first-order valence-corrected chi connectivity index (χ1v) is 11.6. The van der Waals surface area contributed by atoms with Gasteiger partial charge in [-0.25, -0.2) is 0 Å². The maximum atomic E-state index is 6.59. The summed E-state index contributed by atoms with van der Waals surface area (Å²) in [6.07, 6.45) is 6.99. The van der Waals surface area contributed by atoms with Gasteiger partial charge in [0.1, 0.15) is 23.7 Å². The molecule has 0 amide bonds. The van der Waals surface area contributed by atoms with Gasteiger partial charge in [0, 0.05) is 12.5 Å². The second-order valence-electron chi connectivity index (χ2n) is 8.73. The van der Waals surface area contributed by atoms with E-state index in [-0.39, 0.29) is 12.2 Å². The molecule has 160 valence electrons. The third-order valence-corrected chi connectivity index (χ3v) is 6.51. The number of benzene rings is 3. The van der Waals surface area contributed by atoms with Gasteiger partial charge in [0.2, 0.25) is 0 Å². The van der Waals surface area contributed by atoms with Crippen LogP contribution in [-0.2, 0) is 6.42 Å². The van der Waals surface area contributed by atoms with Gasteiger partial charge in [-0.15, -0.1) is 0 Å². The van der Waals surface area contributed by atoms with Gasteiger partial charge in [-0.05, 0) is 67.1 Å². The van der Waals surface area contributed by atoms with Crippen LogP contribution in [0.4, 0.5) is 0 Å². The van der Waals surface area contributed by atoms with E-state index in [1.165, 1.54) is 36.0 Å². The van der Waals surface area contributed by atoms with E-state index in [1.807, 2.05) is 0 Å². The van der Waals surface area contributed by atoms with E-state index in [9.17, 15) is 0 Å². The van der Waals surface area contributed by atoms with Crippen LogP contribution in [0, 0.1) is 0 Å². The molecular weight excluding hydrogens is 382 g/mol. The molecular formula is C28H31NO2. The average molecular weight is 414 g/mol. The topological polar surface area (TPSA) is 30.5 Å². The van der Waals surface area contributed by atoms with Crippen molar-refractivity contribution in [2.75, 3.05) is 6.54 Å². The van der Waals surface area contributed by atoms with Gasteiger partial charge in [-0.3, -0.25) is 0 Å². The lowest BCUT2D eigenvalue weighted by molar-refractivity contribution is 0.164. The van der Waals surface area contributed by atoms with Gasteiger partial charge in [-0.1, -0.05) is 67.1 Å². The Morgan fingerprint density at radius 3 is 2.48 bits per heavy atom. The molecule has 2 aliphatic rings. The van der Waals surface area contributed by atoms with Crippen LogP contribution in [0.3, 0.4) is 0 Å². The summed E-state index contributed by atoms with van der Waals surface area (Å²) in [5.41, 5.74) is 3.73. The van der Waals surface area contributed by atoms with Gasteiger partial charge in [0.15, 0.2) is 0 Å². The molecule has 0 aliphatic carbocycles. The Morgan fingerprint density at radius 1 is 0.903 bits per heavy atom. The second-order valence-corrected chi connectivity index (χ2v) is 8.73. The Labute approximate surface area is 185 Å². The molecule has 3 nitrogen and oxygen atoms in total. The van der Waals surface area contributed by atoms with E-state index in [1.54, 1.807) is 0 Å². The summed E-state index contributed by atoms with van der Waals surface area (Å²) in [6.45, 7) is 1.12. The molecule has 3 aromatic rings. The molecule has 1 saturated heterocycles. The van der Waals surface area contributed by atoms with Crippen LogP contribution in [0.15, 0.2) is 78.9 Å². The van der Waals surface area contributed by atoms with Crippen LogP contribution in [0.1, 0.15) is 61.0 Å². The zero-order chi connectivity index (χ0) is 20.9. The maximum absolute atomic E-state index is 6.59. The molecule has 3 unspecified atom stereocenters. The van der Waals surface area contributed by atoms with Crippen LogP contribution in [0.2, 0.25) is 0 Å². The molecule has 1 fully saturated rings. The number of fused-ring (bicyclic) bond motifs is 1. The summed E-state index contributed by atoms with van der Waals surface area (Å²) in [5.74, 6) is 1.92. The Kier molecular flexibility index (Phi) is 6.22. The number of ether oxygens (including phenoxy) is 2. The monoisotopic (exact) mass is 413 g/mol. The quantitative estimate of drug-likeness (QED) is 0.507. The van der Waals surface area contributed by atoms with Crippen LogP contribution >= 0.6 is 0 Å². The SMILES string of the molecule is c1ccc(C(CC2CCCCN2)Oc2ccc3c(c2)CCC(c2ccccc2)O3)cc1. The second kappa shape index (κ2) is 9.57. The zero-order valence-electron chi connectivity index (χ0n) is 18.0. The number of rotatable bonds is 6. The molecule has 0 radical (unpaired) electrons. The molecule has 31 heavy (non-hydrogen) atoms. The van der Waals surface area contributed by atoms with Gasteiger partial charge < -0.3 is 14.8 Å². The van der Waals surface area contributed by atoms with Crippen molar-refractivity contribution in [3.05, 3.63) is 95.6 Å². The molecule has 2 aliphatic heterocycles. The molecule has 0 spiro atoms. The lowest BCUT2D eigenvalue weighted by Gasteiger charge is -2.30. The first-order chi connectivity index (χ1) is 15.3. The van der Waals surface area contributed by atoms with Gasteiger partial charge >= 0.3 is 0 Å². The zero-order valence-corrected chi connectivity index (χ0v) is 18.0. The molecule has 1 N–H and O–H groups in total. The fourth-order valence-corrected chi connectivity index (χ4v) is 4.81. The highest BCUT2D eigenvalue weighted by Gasteiger charge is 2.24. The van der Waals surface area contributed by atoms with E-state index < -0.39 is 0 Å². The van der Waals surface area contributed by atoms with Crippen LogP contribution in [0.5, 0.6) is 11.5 Å². The average Bonchev–Trinajstić information content (AvgIpc) is 2.85. The minimum atomic E-state index is 0.0522. The largest absolute Gasteiger partial charge is 0.486 e. The van der Waals surface area contributed by atoms with Crippen molar-refractivity contribution in [1.29, 1.82) is 0 Å². The number of hydrogen-bond acceptors (Lipinski definition) is 3. The van der Waals surface area contributed by atoms with E-state index in [2.05, 4.69) is 84.2 Å². The van der Waals surface area contributed by atoms with Crippen molar-refractivity contribution in [3.63, 3.8) is 0 Å². The number of aryl methyl sites for hydroxylation is 1. The molecule has 3 atom stereocenters. The summed E-state index contributed by atoms with van der Waals surface area (Å²) in [4.78, 5) is 0. The normalized spacial score (nSPS) is 21.5. The van der Waals surface area contributed by atoms with Crippen molar-refractivity contribution in [3.8, 4) is 11.5 Å². The number of piperidine rings is 1. The first-order valence-electron chi connectivity index (χ1n) is 11.6. The van der Waals surface area contributed by atoms with E-state index in [0.717, 1.165) is 37.3 Å². The number of hydrogen-bond donors (Lipinski definition) is 1. The first kappa shape index (κ1) is 20.1. The highest BCUT2D eigenvalue weighted by molar-refractivity contribution is 5.42. The van der Waals surface area contributed by atoms with Crippen molar-refractivity contribution in [2.45, 2.75) is 56.8 Å². The molecule has 2 heterocycles. The standard InChI is InChI=1S/C28H31NO2/c1-3-9-21(10-4-1)26-16-14-23-19-25(15-17-27(23)31-26)30-28(22-11-5-2-6-12-22)20-24-13-7-8-18-29-24/h1-6,9-12,15,17,19,24,26,28-29H,7-8,13-14,16,18,20H2. The highest BCUT2D eigenvalue weighted by Crippen LogP contribution is 2.38. The van der Waals surface area contributed by atoms with Gasteiger partial charge in [0.25, 0.3) is 0 Å². The Bertz CT molecular complexity index is 967. The van der Waals surface area contributed by atoms with E-state index >= 15 is 0 Å². The number of nitrogens with one attached hydrogen (secondary N) is 1. The van der Waals surface area contributed by atoms with E-state index in [0.29, 0.717) is 6.04 Å². The third kappa shape index (κ3) is 4.94. The predicted octanol–water partition coefficient (Wildman–Crippen LogP) is 6.41. The molecule has 3 heteroatoms. The van der Waals surface area contributed by atoms with Crippen molar-refractivity contribution < 1.29 is 9.47 Å². The van der Waals surface area contributed by atoms with Crippen molar-refractivity contribution in [1.82, 2.24) is 5.32 Å². The predicted molar refractivity (Wildman–Crippen MR) is 125 cm³/mol. The van der Waals surface area contributed by atoms with Gasteiger partial charge in [0.05, 0.1) is 0 Å². The Balaban J connectivity index is 1.32. The summed E-state index contributed by atoms with van der Waals surface area (Å²) in [7, 11) is 0. The molecule has 5 rings (SSSR count). The fraction of sp³-hybridized carbons (Fsp3) is 0.357. The highest BCUT2D eigenvalue weighted by atomic mass is 16.5. The van der Waals surface area contributed by atoms with Crippen LogP contribution in [0.25, 0.3) is 0 Å². The lowest BCUT2D eigenvalue weighted by atomic mass is 9.95. The summed E-state index contributed by atoms with van der Waals surface area (Å²) in [6, 6.07) is 28.0. The molecule has 0 aromatic heterocycles. The Morgan fingerprint density at radius 2 is 1.71 bits per heavy atom. The molecule has 3 aromatic carbocycles. The van der Waals surface area contributed by atoms with Crippen LogP contribution < -0.4 is 14.8 Å². The van der Waals surface area contributed by atoms with E-state index in [4.69, 9.17) is 9.47 Å². The van der Waals surface area contributed by atoms with Crippen LogP contribution in [-0.4, -0.2) is 12.6 Å². The minimum absolute atomic E-state index is 0.0522.